The minimum absolute atomic E-state index is 0.0868. The Morgan fingerprint density at radius 2 is 1.88 bits per heavy atom. The van der Waals surface area contributed by atoms with Crippen LogP contribution >= 0.6 is 0 Å². The standard InChI is InChI=1S/C25H32N4O4/c1-19-6-4-5-11-28(19)18-22-8-3-2-7-21(22)17-26-23-10-9-20(16-24(23)29(31)32)25(30)27-12-14-33-15-13-27/h2-3,7-10,16,19,26H,4-6,11-15,17-18H2,1H3. The fourth-order valence-corrected chi connectivity index (χ4v) is 4.60. The summed E-state index contributed by atoms with van der Waals surface area (Å²) in [5.74, 6) is -0.200. The number of anilines is 1. The smallest absolute Gasteiger partial charge is 0.293 e. The Bertz CT molecular complexity index is 990. The minimum Gasteiger partial charge on any atom is -0.378 e. The molecule has 2 saturated heterocycles. The van der Waals surface area contributed by atoms with Gasteiger partial charge in [-0.05, 0) is 49.6 Å². The van der Waals surface area contributed by atoms with Gasteiger partial charge in [-0.15, -0.1) is 0 Å². The lowest BCUT2D eigenvalue weighted by molar-refractivity contribution is -0.384. The van der Waals surface area contributed by atoms with Gasteiger partial charge in [-0.3, -0.25) is 19.8 Å². The number of carbonyl (C=O) groups is 1. The van der Waals surface area contributed by atoms with Crippen LogP contribution in [0.2, 0.25) is 0 Å². The van der Waals surface area contributed by atoms with Crippen LogP contribution in [0.25, 0.3) is 0 Å². The molecule has 0 aliphatic carbocycles. The molecule has 1 atom stereocenters. The Labute approximate surface area is 194 Å². The Kier molecular flexibility index (Phi) is 7.57. The van der Waals surface area contributed by atoms with Crippen LogP contribution in [0.15, 0.2) is 42.5 Å². The number of rotatable bonds is 7. The number of likely N-dealkylation sites (tertiary alicyclic amines) is 1. The number of amides is 1. The SMILES string of the molecule is CC1CCCCN1Cc1ccccc1CNc1ccc(C(=O)N2CCOCC2)cc1[N+](=O)[O-]. The van der Waals surface area contributed by atoms with Crippen LogP contribution in [0.5, 0.6) is 0 Å². The highest BCUT2D eigenvalue weighted by molar-refractivity contribution is 5.95. The second-order valence-corrected chi connectivity index (χ2v) is 8.83. The molecule has 0 radical (unpaired) electrons. The first kappa shape index (κ1) is 23.2. The van der Waals surface area contributed by atoms with Crippen LogP contribution in [-0.4, -0.2) is 59.5 Å². The number of ether oxygens (including phenoxy) is 1. The molecule has 1 N–H and O–H groups in total. The van der Waals surface area contributed by atoms with Crippen LogP contribution < -0.4 is 5.32 Å². The van der Waals surface area contributed by atoms with E-state index in [-0.39, 0.29) is 11.6 Å². The van der Waals surface area contributed by atoms with Crippen molar-refractivity contribution in [3.05, 3.63) is 69.3 Å². The summed E-state index contributed by atoms with van der Waals surface area (Å²) in [6.07, 6.45) is 3.74. The number of nitrogens with one attached hydrogen (secondary N) is 1. The number of nitro benzene ring substituents is 1. The number of hydrogen-bond acceptors (Lipinski definition) is 6. The molecule has 1 unspecified atom stereocenters. The number of nitrogens with zero attached hydrogens (tertiary/aromatic N) is 3. The Morgan fingerprint density at radius 3 is 2.61 bits per heavy atom. The quantitative estimate of drug-likeness (QED) is 0.504. The molecule has 2 aromatic rings. The lowest BCUT2D eigenvalue weighted by atomic mass is 10.0. The molecule has 4 rings (SSSR count). The molecular formula is C25H32N4O4. The van der Waals surface area contributed by atoms with Crippen LogP contribution in [0.4, 0.5) is 11.4 Å². The minimum atomic E-state index is -0.431. The van der Waals surface area contributed by atoms with Gasteiger partial charge in [0, 0.05) is 43.9 Å². The summed E-state index contributed by atoms with van der Waals surface area (Å²) in [6, 6.07) is 13.5. The van der Waals surface area contributed by atoms with Crippen molar-refractivity contribution in [1.29, 1.82) is 0 Å². The normalized spacial score (nSPS) is 19.3. The molecule has 176 valence electrons. The summed E-state index contributed by atoms with van der Waals surface area (Å²) >= 11 is 0. The third kappa shape index (κ3) is 5.69. The van der Waals surface area contributed by atoms with E-state index in [1.165, 1.54) is 30.9 Å². The number of nitro groups is 1. The molecule has 0 spiro atoms. The van der Waals surface area contributed by atoms with E-state index in [0.29, 0.717) is 50.1 Å². The first-order valence-electron chi connectivity index (χ1n) is 11.7. The monoisotopic (exact) mass is 452 g/mol. The van der Waals surface area contributed by atoms with Crippen molar-refractivity contribution in [3.8, 4) is 0 Å². The van der Waals surface area contributed by atoms with E-state index in [1.807, 2.05) is 12.1 Å². The zero-order valence-electron chi connectivity index (χ0n) is 19.2. The molecule has 8 heteroatoms. The van der Waals surface area contributed by atoms with E-state index in [2.05, 4.69) is 29.3 Å². The average molecular weight is 453 g/mol. The first-order chi connectivity index (χ1) is 16.0. The van der Waals surface area contributed by atoms with Gasteiger partial charge >= 0.3 is 0 Å². The topological polar surface area (TPSA) is 88.0 Å². The van der Waals surface area contributed by atoms with Gasteiger partial charge in [-0.1, -0.05) is 30.7 Å². The molecule has 2 aliphatic heterocycles. The Balaban J connectivity index is 1.48. The van der Waals surface area contributed by atoms with Crippen molar-refractivity contribution in [2.24, 2.45) is 0 Å². The molecule has 0 saturated carbocycles. The first-order valence-corrected chi connectivity index (χ1v) is 11.7. The van der Waals surface area contributed by atoms with E-state index < -0.39 is 4.92 Å². The van der Waals surface area contributed by atoms with Crippen LogP contribution in [-0.2, 0) is 17.8 Å². The fourth-order valence-electron chi connectivity index (χ4n) is 4.60. The highest BCUT2D eigenvalue weighted by Gasteiger charge is 2.23. The summed E-state index contributed by atoms with van der Waals surface area (Å²) in [5.41, 5.74) is 3.02. The molecule has 2 heterocycles. The van der Waals surface area contributed by atoms with Crippen molar-refractivity contribution in [1.82, 2.24) is 9.80 Å². The fraction of sp³-hybridized carbons (Fsp3) is 0.480. The predicted octanol–water partition coefficient (Wildman–Crippen LogP) is 4.05. The molecule has 2 aliphatic rings. The molecule has 0 aromatic heterocycles. The summed E-state index contributed by atoms with van der Waals surface area (Å²) in [7, 11) is 0. The Hall–Kier alpha value is -2.97. The summed E-state index contributed by atoms with van der Waals surface area (Å²) in [6.45, 7) is 6.73. The van der Waals surface area contributed by atoms with Crippen LogP contribution in [0, 0.1) is 10.1 Å². The molecular weight excluding hydrogens is 420 g/mol. The van der Waals surface area contributed by atoms with Crippen molar-refractivity contribution in [2.75, 3.05) is 38.2 Å². The lowest BCUT2D eigenvalue weighted by Crippen LogP contribution is -2.40. The molecule has 1 amide bonds. The molecule has 33 heavy (non-hydrogen) atoms. The van der Waals surface area contributed by atoms with Crippen molar-refractivity contribution in [2.45, 2.75) is 45.3 Å². The van der Waals surface area contributed by atoms with Gasteiger partial charge in [0.2, 0.25) is 0 Å². The van der Waals surface area contributed by atoms with Gasteiger partial charge < -0.3 is 15.0 Å². The van der Waals surface area contributed by atoms with Gasteiger partial charge in [0.15, 0.2) is 0 Å². The zero-order valence-corrected chi connectivity index (χ0v) is 19.2. The maximum atomic E-state index is 12.7. The summed E-state index contributed by atoms with van der Waals surface area (Å²) in [4.78, 5) is 28.3. The Morgan fingerprint density at radius 1 is 1.12 bits per heavy atom. The van der Waals surface area contributed by atoms with Gasteiger partial charge in [-0.2, -0.15) is 0 Å². The second kappa shape index (κ2) is 10.8. The zero-order chi connectivity index (χ0) is 23.2. The molecule has 2 fully saturated rings. The van der Waals surface area contributed by atoms with Gasteiger partial charge in [0.05, 0.1) is 18.1 Å². The van der Waals surface area contributed by atoms with E-state index >= 15 is 0 Å². The largest absolute Gasteiger partial charge is 0.378 e. The molecule has 0 bridgehead atoms. The predicted molar refractivity (Wildman–Crippen MR) is 127 cm³/mol. The lowest BCUT2D eigenvalue weighted by Gasteiger charge is -2.33. The molecule has 8 nitrogen and oxygen atoms in total. The molecule has 2 aromatic carbocycles. The van der Waals surface area contributed by atoms with Crippen molar-refractivity contribution < 1.29 is 14.5 Å². The third-order valence-electron chi connectivity index (χ3n) is 6.64. The maximum Gasteiger partial charge on any atom is 0.293 e. The maximum absolute atomic E-state index is 12.7. The van der Waals surface area contributed by atoms with Gasteiger partial charge in [-0.25, -0.2) is 0 Å². The van der Waals surface area contributed by atoms with Crippen molar-refractivity contribution >= 4 is 17.3 Å². The number of benzene rings is 2. The summed E-state index contributed by atoms with van der Waals surface area (Å²) < 4.78 is 5.29. The second-order valence-electron chi connectivity index (χ2n) is 8.83. The number of morpholine rings is 1. The van der Waals surface area contributed by atoms with Crippen LogP contribution in [0.1, 0.15) is 47.7 Å². The number of piperidine rings is 1. The van der Waals surface area contributed by atoms with E-state index in [4.69, 9.17) is 4.74 Å². The van der Waals surface area contributed by atoms with Gasteiger partial charge in [0.1, 0.15) is 5.69 Å². The van der Waals surface area contributed by atoms with Gasteiger partial charge in [0.25, 0.3) is 11.6 Å². The third-order valence-corrected chi connectivity index (χ3v) is 6.64. The van der Waals surface area contributed by atoms with E-state index in [9.17, 15) is 14.9 Å². The highest BCUT2D eigenvalue weighted by Crippen LogP contribution is 2.28. The number of hydrogen-bond donors (Lipinski definition) is 1. The number of carbonyl (C=O) groups excluding carboxylic acids is 1. The van der Waals surface area contributed by atoms with E-state index in [1.54, 1.807) is 17.0 Å². The van der Waals surface area contributed by atoms with Crippen LogP contribution in [0.3, 0.4) is 0 Å². The average Bonchev–Trinajstić information content (AvgIpc) is 2.85. The summed E-state index contributed by atoms with van der Waals surface area (Å²) in [5, 5.41) is 15.0. The highest BCUT2D eigenvalue weighted by atomic mass is 16.6. The van der Waals surface area contributed by atoms with Crippen molar-refractivity contribution in [3.63, 3.8) is 0 Å². The van der Waals surface area contributed by atoms with E-state index in [0.717, 1.165) is 18.7 Å².